The van der Waals surface area contributed by atoms with Gasteiger partial charge in [0.05, 0.1) is 4.92 Å². The van der Waals surface area contributed by atoms with Gasteiger partial charge in [-0.2, -0.15) is 0 Å². The molecule has 1 heterocycles. The lowest BCUT2D eigenvalue weighted by Gasteiger charge is -2.40. The Morgan fingerprint density at radius 2 is 2.00 bits per heavy atom. The van der Waals surface area contributed by atoms with Crippen molar-refractivity contribution in [3.05, 3.63) is 39.9 Å². The van der Waals surface area contributed by atoms with Crippen LogP contribution in [0.2, 0.25) is 0 Å². The fourth-order valence-corrected chi connectivity index (χ4v) is 2.76. The normalized spacial score (nSPS) is 23.7. The molecule has 5 heteroatoms. The van der Waals surface area contributed by atoms with Gasteiger partial charge in [-0.3, -0.25) is 15.0 Å². The van der Waals surface area contributed by atoms with Crippen molar-refractivity contribution < 1.29 is 4.92 Å². The van der Waals surface area contributed by atoms with Gasteiger partial charge in [-0.15, -0.1) is 0 Å². The number of rotatable bonds is 5. The third-order valence-corrected chi connectivity index (χ3v) is 4.11. The van der Waals surface area contributed by atoms with Crippen LogP contribution in [0, 0.1) is 10.1 Å². The Balaban J connectivity index is 2.03. The number of nitrogens with zero attached hydrogens (tertiary/aromatic N) is 2. The summed E-state index contributed by atoms with van der Waals surface area (Å²) in [6, 6.07) is 8.02. The van der Waals surface area contributed by atoms with Crippen molar-refractivity contribution in [1.82, 2.24) is 10.2 Å². The third kappa shape index (κ3) is 3.55. The molecule has 2 atom stereocenters. The van der Waals surface area contributed by atoms with Crippen LogP contribution in [0.25, 0.3) is 0 Å². The van der Waals surface area contributed by atoms with Crippen LogP contribution in [0.3, 0.4) is 0 Å². The van der Waals surface area contributed by atoms with Crippen molar-refractivity contribution in [3.63, 3.8) is 0 Å². The van der Waals surface area contributed by atoms with Gasteiger partial charge in [0.2, 0.25) is 0 Å². The average Bonchev–Trinajstić information content (AvgIpc) is 2.47. The van der Waals surface area contributed by atoms with Gasteiger partial charge in [0.15, 0.2) is 0 Å². The number of non-ortho nitro benzene ring substituents is 1. The highest BCUT2D eigenvalue weighted by molar-refractivity contribution is 5.32. The van der Waals surface area contributed by atoms with Crippen LogP contribution in [0.5, 0.6) is 0 Å². The van der Waals surface area contributed by atoms with Crippen LogP contribution in [0.4, 0.5) is 5.69 Å². The second-order valence-corrected chi connectivity index (χ2v) is 5.43. The summed E-state index contributed by atoms with van der Waals surface area (Å²) < 4.78 is 0. The molecule has 0 aromatic heterocycles. The molecule has 0 aliphatic carbocycles. The molecule has 1 aliphatic rings. The predicted molar refractivity (Wildman–Crippen MR) is 79.7 cm³/mol. The number of hydrogen-bond acceptors (Lipinski definition) is 4. The van der Waals surface area contributed by atoms with E-state index in [1.54, 1.807) is 12.1 Å². The molecule has 2 rings (SSSR count). The van der Waals surface area contributed by atoms with Crippen molar-refractivity contribution in [2.45, 2.75) is 45.3 Å². The molecule has 0 amide bonds. The van der Waals surface area contributed by atoms with Crippen molar-refractivity contribution in [2.24, 2.45) is 0 Å². The second-order valence-electron chi connectivity index (χ2n) is 5.43. The average molecular weight is 277 g/mol. The number of hydrogen-bond donors (Lipinski definition) is 1. The maximum Gasteiger partial charge on any atom is 0.269 e. The molecular formula is C15H23N3O2. The van der Waals surface area contributed by atoms with Crippen LogP contribution < -0.4 is 5.32 Å². The first kappa shape index (κ1) is 14.9. The molecule has 1 N–H and O–H groups in total. The monoisotopic (exact) mass is 277 g/mol. The molecule has 1 fully saturated rings. The zero-order valence-corrected chi connectivity index (χ0v) is 12.2. The summed E-state index contributed by atoms with van der Waals surface area (Å²) in [7, 11) is 0. The lowest BCUT2D eigenvalue weighted by Crippen LogP contribution is -2.55. The predicted octanol–water partition coefficient (Wildman–Crippen LogP) is 2.56. The van der Waals surface area contributed by atoms with Crippen molar-refractivity contribution in [1.29, 1.82) is 0 Å². The van der Waals surface area contributed by atoms with E-state index in [0.717, 1.165) is 38.0 Å². The summed E-state index contributed by atoms with van der Waals surface area (Å²) in [6.45, 7) is 7.36. The molecule has 1 saturated heterocycles. The number of piperazine rings is 1. The second kappa shape index (κ2) is 6.81. The molecule has 1 aromatic rings. The largest absolute Gasteiger partial charge is 0.311 e. The summed E-state index contributed by atoms with van der Waals surface area (Å²) in [5.74, 6) is 0. The van der Waals surface area contributed by atoms with Gasteiger partial charge in [-0.1, -0.05) is 26.0 Å². The van der Waals surface area contributed by atoms with Gasteiger partial charge in [0.25, 0.3) is 5.69 Å². The van der Waals surface area contributed by atoms with Crippen molar-refractivity contribution in [2.75, 3.05) is 13.1 Å². The Labute approximate surface area is 120 Å². The highest BCUT2D eigenvalue weighted by atomic mass is 16.6. The van der Waals surface area contributed by atoms with E-state index in [1.807, 2.05) is 12.1 Å². The van der Waals surface area contributed by atoms with Gasteiger partial charge in [-0.05, 0) is 18.4 Å². The molecule has 110 valence electrons. The SMILES string of the molecule is CCC1CN(Cc2ccc([N+](=O)[O-])cc2)C(CC)CN1. The molecule has 0 spiro atoms. The van der Waals surface area contributed by atoms with Gasteiger partial charge < -0.3 is 5.32 Å². The zero-order valence-electron chi connectivity index (χ0n) is 12.2. The third-order valence-electron chi connectivity index (χ3n) is 4.11. The number of benzene rings is 1. The lowest BCUT2D eigenvalue weighted by atomic mass is 10.0. The zero-order chi connectivity index (χ0) is 14.5. The molecule has 5 nitrogen and oxygen atoms in total. The van der Waals surface area contributed by atoms with E-state index in [9.17, 15) is 10.1 Å². The molecular weight excluding hydrogens is 254 g/mol. The fraction of sp³-hybridized carbons (Fsp3) is 0.600. The van der Waals surface area contributed by atoms with E-state index in [2.05, 4.69) is 24.1 Å². The Morgan fingerprint density at radius 3 is 2.55 bits per heavy atom. The van der Waals surface area contributed by atoms with E-state index in [1.165, 1.54) is 0 Å². The number of nitro benzene ring substituents is 1. The highest BCUT2D eigenvalue weighted by Crippen LogP contribution is 2.18. The summed E-state index contributed by atoms with van der Waals surface area (Å²) in [4.78, 5) is 12.8. The first-order chi connectivity index (χ1) is 9.63. The molecule has 20 heavy (non-hydrogen) atoms. The Kier molecular flexibility index (Phi) is 5.09. The van der Waals surface area contributed by atoms with E-state index in [4.69, 9.17) is 0 Å². The maximum absolute atomic E-state index is 10.7. The van der Waals surface area contributed by atoms with Crippen molar-refractivity contribution in [3.8, 4) is 0 Å². The Hall–Kier alpha value is -1.46. The minimum atomic E-state index is -0.351. The molecule has 1 aliphatic heterocycles. The quantitative estimate of drug-likeness (QED) is 0.664. The van der Waals surface area contributed by atoms with Crippen LogP contribution >= 0.6 is 0 Å². The van der Waals surface area contributed by atoms with Gasteiger partial charge in [0.1, 0.15) is 0 Å². The number of nitrogens with one attached hydrogen (secondary N) is 1. The van der Waals surface area contributed by atoms with E-state index in [0.29, 0.717) is 12.1 Å². The van der Waals surface area contributed by atoms with E-state index >= 15 is 0 Å². The van der Waals surface area contributed by atoms with Gasteiger partial charge >= 0.3 is 0 Å². The Morgan fingerprint density at radius 1 is 1.30 bits per heavy atom. The molecule has 0 saturated carbocycles. The van der Waals surface area contributed by atoms with E-state index < -0.39 is 0 Å². The van der Waals surface area contributed by atoms with Crippen LogP contribution in [-0.2, 0) is 6.54 Å². The molecule has 1 aromatic carbocycles. The Bertz CT molecular complexity index is 447. The summed E-state index contributed by atoms with van der Waals surface area (Å²) in [5.41, 5.74) is 1.30. The summed E-state index contributed by atoms with van der Waals surface area (Å²) in [5, 5.41) is 14.2. The topological polar surface area (TPSA) is 58.4 Å². The molecule has 2 unspecified atom stereocenters. The number of nitro groups is 1. The first-order valence-corrected chi connectivity index (χ1v) is 7.34. The summed E-state index contributed by atoms with van der Waals surface area (Å²) >= 11 is 0. The maximum atomic E-state index is 10.7. The van der Waals surface area contributed by atoms with Gasteiger partial charge in [-0.25, -0.2) is 0 Å². The van der Waals surface area contributed by atoms with Crippen LogP contribution in [0.1, 0.15) is 32.3 Å². The van der Waals surface area contributed by atoms with E-state index in [-0.39, 0.29) is 10.6 Å². The lowest BCUT2D eigenvalue weighted by molar-refractivity contribution is -0.384. The van der Waals surface area contributed by atoms with Gasteiger partial charge in [0, 0.05) is 43.9 Å². The van der Waals surface area contributed by atoms with Crippen LogP contribution in [-0.4, -0.2) is 35.0 Å². The van der Waals surface area contributed by atoms with Crippen molar-refractivity contribution >= 4 is 5.69 Å². The molecule has 0 bridgehead atoms. The first-order valence-electron chi connectivity index (χ1n) is 7.34. The standard InChI is InChI=1S/C15H23N3O2/c1-3-13-11-17(14(4-2)9-16-13)10-12-5-7-15(8-6-12)18(19)20/h5-8,13-14,16H,3-4,9-11H2,1-2H3. The fourth-order valence-electron chi connectivity index (χ4n) is 2.76. The summed E-state index contributed by atoms with van der Waals surface area (Å²) in [6.07, 6.45) is 2.25. The highest BCUT2D eigenvalue weighted by Gasteiger charge is 2.25. The van der Waals surface area contributed by atoms with Crippen LogP contribution in [0.15, 0.2) is 24.3 Å². The minimum Gasteiger partial charge on any atom is -0.311 e. The molecule has 0 radical (unpaired) electrons. The smallest absolute Gasteiger partial charge is 0.269 e. The minimum absolute atomic E-state index is 0.160.